The van der Waals surface area contributed by atoms with Gasteiger partial charge in [0.1, 0.15) is 11.8 Å². The predicted molar refractivity (Wildman–Crippen MR) is 73.0 cm³/mol. The molecule has 0 bridgehead atoms. The van der Waals surface area contributed by atoms with E-state index >= 15 is 0 Å². The number of nitrogens with zero attached hydrogens (tertiary/aromatic N) is 2. The summed E-state index contributed by atoms with van der Waals surface area (Å²) in [5.74, 6) is 0.860. The minimum atomic E-state index is -0.328. The number of pyridine rings is 1. The van der Waals surface area contributed by atoms with E-state index in [0.29, 0.717) is 22.9 Å². The van der Waals surface area contributed by atoms with E-state index in [2.05, 4.69) is 15.3 Å². The van der Waals surface area contributed by atoms with E-state index in [9.17, 15) is 4.79 Å². The molecule has 0 spiro atoms. The van der Waals surface area contributed by atoms with Gasteiger partial charge in [0.15, 0.2) is 0 Å². The Balaban J connectivity index is 0.00000180. The van der Waals surface area contributed by atoms with Gasteiger partial charge in [-0.05, 0) is 19.9 Å². The number of hydrogen-bond acceptors (Lipinski definition) is 5. The summed E-state index contributed by atoms with van der Waals surface area (Å²) in [6, 6.07) is 1.25. The van der Waals surface area contributed by atoms with Crippen LogP contribution in [-0.4, -0.2) is 15.9 Å². The maximum atomic E-state index is 12.0. The molecule has 0 radical (unpaired) electrons. The van der Waals surface area contributed by atoms with E-state index < -0.39 is 0 Å². The van der Waals surface area contributed by atoms with Gasteiger partial charge in [-0.3, -0.25) is 9.78 Å². The summed E-state index contributed by atoms with van der Waals surface area (Å²) < 4.78 is 5.34. The topological polar surface area (TPSA) is 94.0 Å². The number of nitrogens with one attached hydrogen (secondary N) is 1. The van der Waals surface area contributed by atoms with Crippen LogP contribution in [0.2, 0.25) is 0 Å². The van der Waals surface area contributed by atoms with E-state index in [1.54, 1.807) is 26.1 Å². The quantitative estimate of drug-likeness (QED) is 0.896. The Labute approximate surface area is 116 Å². The first-order valence-electron chi connectivity index (χ1n) is 5.50. The molecule has 102 valence electrons. The van der Waals surface area contributed by atoms with Crippen molar-refractivity contribution in [1.82, 2.24) is 15.3 Å². The highest BCUT2D eigenvalue weighted by molar-refractivity contribution is 5.98. The van der Waals surface area contributed by atoms with Crippen LogP contribution in [0.5, 0.6) is 0 Å². The van der Waals surface area contributed by atoms with Gasteiger partial charge in [0.25, 0.3) is 5.91 Å². The number of anilines is 1. The summed E-state index contributed by atoms with van der Waals surface area (Å²) in [7, 11) is 0. The summed E-state index contributed by atoms with van der Waals surface area (Å²) in [6.45, 7) is 3.58. The third kappa shape index (κ3) is 3.45. The lowest BCUT2D eigenvalue weighted by atomic mass is 10.2. The Bertz CT molecular complexity index is 570. The summed E-state index contributed by atoms with van der Waals surface area (Å²) >= 11 is 0. The Hall–Kier alpha value is -2.08. The molecule has 2 aromatic rings. The van der Waals surface area contributed by atoms with E-state index in [1.165, 1.54) is 12.4 Å². The van der Waals surface area contributed by atoms with Crippen LogP contribution in [0.25, 0.3) is 0 Å². The maximum absolute atomic E-state index is 12.0. The van der Waals surface area contributed by atoms with Crippen LogP contribution < -0.4 is 11.1 Å². The second kappa shape index (κ2) is 6.19. The van der Waals surface area contributed by atoms with Gasteiger partial charge >= 0.3 is 0 Å². The molecule has 1 unspecified atom stereocenters. The molecule has 7 heteroatoms. The molecule has 19 heavy (non-hydrogen) atoms. The number of rotatable bonds is 3. The first-order chi connectivity index (χ1) is 8.58. The number of halogens is 1. The van der Waals surface area contributed by atoms with Crippen molar-refractivity contribution in [3.8, 4) is 0 Å². The molecule has 1 amide bonds. The largest absolute Gasteiger partial charge is 0.444 e. The summed E-state index contributed by atoms with van der Waals surface area (Å²) in [4.78, 5) is 19.9. The highest BCUT2D eigenvalue weighted by atomic mass is 35.5. The molecule has 0 aliphatic heterocycles. The Morgan fingerprint density at radius 1 is 1.47 bits per heavy atom. The minimum Gasteiger partial charge on any atom is -0.444 e. The number of nitrogen functional groups attached to an aromatic ring is 1. The highest BCUT2D eigenvalue weighted by Crippen LogP contribution is 2.14. The zero-order valence-corrected chi connectivity index (χ0v) is 11.4. The average Bonchev–Trinajstić information content (AvgIpc) is 2.76. The fourth-order valence-corrected chi connectivity index (χ4v) is 1.50. The number of amides is 1. The zero-order valence-electron chi connectivity index (χ0n) is 10.6. The van der Waals surface area contributed by atoms with Crippen molar-refractivity contribution >= 4 is 24.0 Å². The van der Waals surface area contributed by atoms with Gasteiger partial charge in [-0.25, -0.2) is 4.98 Å². The maximum Gasteiger partial charge on any atom is 0.255 e. The van der Waals surface area contributed by atoms with Gasteiger partial charge in [0.2, 0.25) is 5.89 Å². The van der Waals surface area contributed by atoms with Crippen molar-refractivity contribution < 1.29 is 9.21 Å². The monoisotopic (exact) mass is 282 g/mol. The van der Waals surface area contributed by atoms with E-state index in [0.717, 1.165) is 0 Å². The first-order valence-corrected chi connectivity index (χ1v) is 5.50. The third-order valence-corrected chi connectivity index (χ3v) is 2.46. The van der Waals surface area contributed by atoms with Crippen LogP contribution in [0.3, 0.4) is 0 Å². The number of carbonyl (C=O) groups is 1. The number of aryl methyl sites for hydroxylation is 1. The Kier molecular flexibility index (Phi) is 4.88. The first kappa shape index (κ1) is 15.0. The van der Waals surface area contributed by atoms with Crippen molar-refractivity contribution in [3.63, 3.8) is 0 Å². The van der Waals surface area contributed by atoms with Gasteiger partial charge in [0, 0.05) is 18.1 Å². The van der Waals surface area contributed by atoms with Crippen molar-refractivity contribution in [2.45, 2.75) is 19.9 Å². The van der Waals surface area contributed by atoms with Gasteiger partial charge in [-0.2, -0.15) is 0 Å². The minimum absolute atomic E-state index is 0. The lowest BCUT2D eigenvalue weighted by molar-refractivity contribution is 0.0934. The molecule has 2 heterocycles. The van der Waals surface area contributed by atoms with Crippen molar-refractivity contribution in [1.29, 1.82) is 0 Å². The van der Waals surface area contributed by atoms with Crippen LogP contribution in [0.4, 0.5) is 5.69 Å². The molecule has 2 rings (SSSR count). The SMILES string of the molecule is Cc1cnc(C(C)NC(=O)c2cnccc2N)o1.Cl. The smallest absolute Gasteiger partial charge is 0.255 e. The normalized spacial score (nSPS) is 11.5. The Morgan fingerprint density at radius 3 is 2.79 bits per heavy atom. The molecule has 0 aromatic carbocycles. The number of nitrogens with two attached hydrogens (primary N) is 1. The summed E-state index contributed by atoms with van der Waals surface area (Å²) in [6.07, 6.45) is 4.57. The average molecular weight is 283 g/mol. The Morgan fingerprint density at radius 2 is 2.21 bits per heavy atom. The number of oxazole rings is 1. The van der Waals surface area contributed by atoms with Gasteiger partial charge in [0.05, 0.1) is 11.8 Å². The van der Waals surface area contributed by atoms with Gasteiger partial charge < -0.3 is 15.5 Å². The van der Waals surface area contributed by atoms with E-state index in [-0.39, 0.29) is 24.4 Å². The molecule has 0 saturated heterocycles. The van der Waals surface area contributed by atoms with Gasteiger partial charge in [-0.15, -0.1) is 12.4 Å². The molecular weight excluding hydrogens is 268 g/mol. The molecule has 3 N–H and O–H groups in total. The standard InChI is InChI=1S/C12H14N4O2.ClH/c1-7-5-15-12(18-7)8(2)16-11(17)9-6-14-4-3-10(9)13;/h3-6,8H,1-2H3,(H2,13,14)(H,16,17);1H. The van der Waals surface area contributed by atoms with Crippen molar-refractivity contribution in [2.24, 2.45) is 0 Å². The highest BCUT2D eigenvalue weighted by Gasteiger charge is 2.16. The van der Waals surface area contributed by atoms with Crippen LogP contribution in [0.15, 0.2) is 29.1 Å². The lowest BCUT2D eigenvalue weighted by Gasteiger charge is -2.11. The van der Waals surface area contributed by atoms with Crippen LogP contribution in [0.1, 0.15) is 35.0 Å². The molecule has 6 nitrogen and oxygen atoms in total. The number of hydrogen-bond donors (Lipinski definition) is 2. The second-order valence-electron chi connectivity index (χ2n) is 3.97. The summed E-state index contributed by atoms with van der Waals surface area (Å²) in [5.41, 5.74) is 6.43. The molecule has 0 saturated carbocycles. The van der Waals surface area contributed by atoms with Crippen molar-refractivity contribution in [2.75, 3.05) is 5.73 Å². The predicted octanol–water partition coefficient (Wildman–Crippen LogP) is 1.87. The molecular formula is C12H15ClN4O2. The molecule has 0 aliphatic rings. The summed E-state index contributed by atoms with van der Waals surface area (Å²) in [5, 5.41) is 2.75. The molecule has 2 aromatic heterocycles. The third-order valence-electron chi connectivity index (χ3n) is 2.46. The van der Waals surface area contributed by atoms with Crippen LogP contribution in [0, 0.1) is 6.92 Å². The van der Waals surface area contributed by atoms with Crippen molar-refractivity contribution in [3.05, 3.63) is 41.9 Å². The van der Waals surface area contributed by atoms with E-state index in [4.69, 9.17) is 10.2 Å². The fourth-order valence-electron chi connectivity index (χ4n) is 1.50. The molecule has 0 fully saturated rings. The second-order valence-corrected chi connectivity index (χ2v) is 3.97. The van der Waals surface area contributed by atoms with Crippen LogP contribution >= 0.6 is 12.4 Å². The number of carbonyl (C=O) groups excluding carboxylic acids is 1. The van der Waals surface area contributed by atoms with Crippen LogP contribution in [-0.2, 0) is 0 Å². The van der Waals surface area contributed by atoms with Gasteiger partial charge in [-0.1, -0.05) is 0 Å². The lowest BCUT2D eigenvalue weighted by Crippen LogP contribution is -2.27. The fraction of sp³-hybridized carbons (Fsp3) is 0.250. The molecule has 0 aliphatic carbocycles. The molecule has 1 atom stereocenters. The zero-order chi connectivity index (χ0) is 13.1. The number of aromatic nitrogens is 2. The van der Waals surface area contributed by atoms with E-state index in [1.807, 2.05) is 0 Å².